The molecule has 2 heteroatoms. The monoisotopic (exact) mass is 156 g/mol. The van der Waals surface area contributed by atoms with Crippen molar-refractivity contribution in [2.75, 3.05) is 19.6 Å². The predicted molar refractivity (Wildman–Crippen MR) is 48.4 cm³/mol. The summed E-state index contributed by atoms with van der Waals surface area (Å²) in [6, 6.07) is 0. The Hall–Kier alpha value is -0.0800. The van der Waals surface area contributed by atoms with Crippen LogP contribution in [0.3, 0.4) is 0 Å². The molecule has 0 saturated heterocycles. The maximum atomic E-state index is 5.38. The molecule has 2 nitrogen and oxygen atoms in total. The lowest BCUT2D eigenvalue weighted by atomic mass is 10.1. The summed E-state index contributed by atoms with van der Waals surface area (Å²) in [7, 11) is 0. The van der Waals surface area contributed by atoms with Gasteiger partial charge in [0, 0.05) is 0 Å². The van der Waals surface area contributed by atoms with Crippen LogP contribution >= 0.6 is 0 Å². The fraction of sp³-hybridized carbons (Fsp3) is 1.00. The molecule has 3 N–H and O–H groups in total. The summed E-state index contributed by atoms with van der Waals surface area (Å²) < 4.78 is 0. The third kappa shape index (κ3) is 3.73. The van der Waals surface area contributed by atoms with Gasteiger partial charge in [0.05, 0.1) is 0 Å². The van der Waals surface area contributed by atoms with Gasteiger partial charge in [0.2, 0.25) is 0 Å². The molecule has 0 heterocycles. The highest BCUT2D eigenvalue weighted by molar-refractivity contribution is 4.79. The van der Waals surface area contributed by atoms with E-state index in [9.17, 15) is 0 Å². The quantitative estimate of drug-likeness (QED) is 0.562. The average Bonchev–Trinajstić information content (AvgIpc) is 2.79. The van der Waals surface area contributed by atoms with Crippen molar-refractivity contribution in [3.05, 3.63) is 0 Å². The lowest BCUT2D eigenvalue weighted by molar-refractivity contribution is 0.460. The molecular weight excluding hydrogens is 136 g/mol. The largest absolute Gasteiger partial charge is 0.330 e. The van der Waals surface area contributed by atoms with E-state index in [4.69, 9.17) is 5.73 Å². The smallest absolute Gasteiger partial charge is 0.00205 e. The van der Waals surface area contributed by atoms with Crippen LogP contribution < -0.4 is 11.1 Å². The van der Waals surface area contributed by atoms with Gasteiger partial charge in [-0.15, -0.1) is 0 Å². The Balaban J connectivity index is 1.85. The van der Waals surface area contributed by atoms with Gasteiger partial charge in [0.25, 0.3) is 0 Å². The molecule has 1 unspecified atom stereocenters. The third-order valence-electron chi connectivity index (χ3n) is 2.45. The Morgan fingerprint density at radius 2 is 2.27 bits per heavy atom. The number of hydrogen-bond acceptors (Lipinski definition) is 2. The first-order valence-corrected chi connectivity index (χ1v) is 4.75. The molecule has 1 fully saturated rings. The van der Waals surface area contributed by atoms with Crippen LogP contribution in [0, 0.1) is 11.8 Å². The Labute approximate surface area is 69.5 Å². The van der Waals surface area contributed by atoms with Crippen molar-refractivity contribution in [1.29, 1.82) is 0 Å². The lowest BCUT2D eigenvalue weighted by Gasteiger charge is -2.10. The Morgan fingerprint density at radius 3 is 2.82 bits per heavy atom. The molecule has 11 heavy (non-hydrogen) atoms. The summed E-state index contributed by atoms with van der Waals surface area (Å²) >= 11 is 0. The first kappa shape index (κ1) is 9.01. The molecule has 0 spiro atoms. The zero-order chi connectivity index (χ0) is 8.10. The second-order valence-corrected chi connectivity index (χ2v) is 3.66. The van der Waals surface area contributed by atoms with Gasteiger partial charge < -0.3 is 11.1 Å². The maximum Gasteiger partial charge on any atom is -0.00205 e. The van der Waals surface area contributed by atoms with Gasteiger partial charge >= 0.3 is 0 Å². The molecule has 0 aliphatic heterocycles. The number of hydrogen-bond donors (Lipinski definition) is 2. The van der Waals surface area contributed by atoms with E-state index in [0.29, 0.717) is 0 Å². The SMILES string of the molecule is CC(CNCCCN)C1CC1. The summed E-state index contributed by atoms with van der Waals surface area (Å²) in [5, 5.41) is 3.43. The number of nitrogens with one attached hydrogen (secondary N) is 1. The minimum absolute atomic E-state index is 0.810. The Morgan fingerprint density at radius 1 is 1.55 bits per heavy atom. The zero-order valence-corrected chi connectivity index (χ0v) is 7.47. The maximum absolute atomic E-state index is 5.38. The van der Waals surface area contributed by atoms with E-state index in [1.54, 1.807) is 0 Å². The highest BCUT2D eigenvalue weighted by atomic mass is 14.9. The second-order valence-electron chi connectivity index (χ2n) is 3.66. The first-order chi connectivity index (χ1) is 5.34. The minimum atomic E-state index is 0.810. The van der Waals surface area contributed by atoms with Gasteiger partial charge in [-0.3, -0.25) is 0 Å². The standard InChI is InChI=1S/C9H20N2/c1-8(9-3-4-9)7-11-6-2-5-10/h8-9,11H,2-7,10H2,1H3. The number of rotatable bonds is 6. The molecular formula is C9H20N2. The van der Waals surface area contributed by atoms with Crippen molar-refractivity contribution in [3.63, 3.8) is 0 Å². The van der Waals surface area contributed by atoms with Gasteiger partial charge in [-0.05, 0) is 50.7 Å². The third-order valence-corrected chi connectivity index (χ3v) is 2.45. The molecule has 0 radical (unpaired) electrons. The average molecular weight is 156 g/mol. The summed E-state index contributed by atoms with van der Waals surface area (Å²) in [5.74, 6) is 1.91. The summed E-state index contributed by atoms with van der Waals surface area (Å²) in [4.78, 5) is 0. The van der Waals surface area contributed by atoms with Gasteiger partial charge in [0.1, 0.15) is 0 Å². The van der Waals surface area contributed by atoms with Crippen LogP contribution in [0.5, 0.6) is 0 Å². The van der Waals surface area contributed by atoms with Gasteiger partial charge in [-0.2, -0.15) is 0 Å². The highest BCUT2D eigenvalue weighted by Gasteiger charge is 2.26. The van der Waals surface area contributed by atoms with Crippen LogP contribution in [0.25, 0.3) is 0 Å². The zero-order valence-electron chi connectivity index (χ0n) is 7.47. The molecule has 0 bridgehead atoms. The van der Waals surface area contributed by atoms with E-state index >= 15 is 0 Å². The molecule has 66 valence electrons. The molecule has 1 atom stereocenters. The van der Waals surface area contributed by atoms with Gasteiger partial charge in [-0.1, -0.05) is 6.92 Å². The van der Waals surface area contributed by atoms with Crippen molar-refractivity contribution in [3.8, 4) is 0 Å². The van der Waals surface area contributed by atoms with Crippen molar-refractivity contribution in [1.82, 2.24) is 5.32 Å². The fourth-order valence-corrected chi connectivity index (χ4v) is 1.39. The van der Waals surface area contributed by atoms with Crippen molar-refractivity contribution in [2.45, 2.75) is 26.2 Å². The van der Waals surface area contributed by atoms with E-state index in [0.717, 1.165) is 31.3 Å². The Kier molecular flexibility index (Phi) is 3.87. The minimum Gasteiger partial charge on any atom is -0.330 e. The van der Waals surface area contributed by atoms with Crippen LogP contribution in [0.1, 0.15) is 26.2 Å². The normalized spacial score (nSPS) is 20.2. The molecule has 0 aromatic heterocycles. The lowest BCUT2D eigenvalue weighted by Crippen LogP contribution is -2.24. The van der Waals surface area contributed by atoms with Crippen LogP contribution in [0.2, 0.25) is 0 Å². The van der Waals surface area contributed by atoms with E-state index in [1.807, 2.05) is 0 Å². The second kappa shape index (κ2) is 4.73. The van der Waals surface area contributed by atoms with E-state index in [2.05, 4.69) is 12.2 Å². The Bertz CT molecular complexity index is 99.7. The van der Waals surface area contributed by atoms with Crippen LogP contribution in [0.15, 0.2) is 0 Å². The molecule has 0 aromatic carbocycles. The topological polar surface area (TPSA) is 38.0 Å². The van der Waals surface area contributed by atoms with Crippen LogP contribution in [-0.4, -0.2) is 19.6 Å². The molecule has 1 rings (SSSR count). The molecule has 1 aliphatic carbocycles. The summed E-state index contributed by atoms with van der Waals surface area (Å²) in [6.45, 7) is 5.43. The van der Waals surface area contributed by atoms with Crippen molar-refractivity contribution >= 4 is 0 Å². The molecule has 0 aromatic rings. The van der Waals surface area contributed by atoms with Crippen molar-refractivity contribution in [2.24, 2.45) is 17.6 Å². The van der Waals surface area contributed by atoms with Gasteiger partial charge in [0.15, 0.2) is 0 Å². The predicted octanol–water partition coefficient (Wildman–Crippen LogP) is 0.971. The fourth-order valence-electron chi connectivity index (χ4n) is 1.39. The molecule has 0 amide bonds. The van der Waals surface area contributed by atoms with Crippen molar-refractivity contribution < 1.29 is 0 Å². The summed E-state index contributed by atoms with van der Waals surface area (Å²) in [5.41, 5.74) is 5.38. The summed E-state index contributed by atoms with van der Waals surface area (Å²) in [6.07, 6.45) is 4.02. The van der Waals surface area contributed by atoms with Gasteiger partial charge in [-0.25, -0.2) is 0 Å². The van der Waals surface area contributed by atoms with E-state index in [-0.39, 0.29) is 0 Å². The van der Waals surface area contributed by atoms with E-state index < -0.39 is 0 Å². The van der Waals surface area contributed by atoms with Crippen LogP contribution in [0.4, 0.5) is 0 Å². The first-order valence-electron chi connectivity index (χ1n) is 4.75. The highest BCUT2D eigenvalue weighted by Crippen LogP contribution is 2.35. The van der Waals surface area contributed by atoms with E-state index in [1.165, 1.54) is 19.4 Å². The number of nitrogens with two attached hydrogens (primary N) is 1. The molecule has 1 saturated carbocycles. The molecule has 1 aliphatic rings. The van der Waals surface area contributed by atoms with Crippen LogP contribution in [-0.2, 0) is 0 Å².